The molecule has 138 valence electrons. The molecule has 0 saturated heterocycles. The normalized spacial score (nSPS) is 11.5. The quantitative estimate of drug-likeness (QED) is 0.338. The third-order valence-electron chi connectivity index (χ3n) is 3.86. The number of carbonyl (C=O) groups excluding carboxylic acids is 2. The first-order valence-corrected chi connectivity index (χ1v) is 9.04. The van der Waals surface area contributed by atoms with E-state index in [1.165, 1.54) is 51.5 Å². The van der Waals surface area contributed by atoms with Gasteiger partial charge in [-0.15, -0.1) is 0 Å². The Hall–Kier alpha value is -2.10. The smallest absolute Gasteiger partial charge is 0.305 e. The molecular weight excluding hydrogens is 316 g/mol. The maximum Gasteiger partial charge on any atom is 0.305 e. The predicted octanol–water partition coefficient (Wildman–Crippen LogP) is 5.06. The van der Waals surface area contributed by atoms with E-state index in [4.69, 9.17) is 9.47 Å². The van der Waals surface area contributed by atoms with Crippen LogP contribution in [0.4, 0.5) is 0 Å². The van der Waals surface area contributed by atoms with Crippen LogP contribution in [0.2, 0.25) is 0 Å². The molecule has 0 aliphatic heterocycles. The highest BCUT2D eigenvalue weighted by Gasteiger charge is 2.17. The zero-order valence-electron chi connectivity index (χ0n) is 15.8. The van der Waals surface area contributed by atoms with Crippen molar-refractivity contribution in [2.24, 2.45) is 0 Å². The number of esters is 2. The molecule has 1 aromatic rings. The predicted molar refractivity (Wildman–Crippen MR) is 99.9 cm³/mol. The zero-order chi connectivity index (χ0) is 18.7. The van der Waals surface area contributed by atoms with E-state index < -0.39 is 18.2 Å². The van der Waals surface area contributed by atoms with Crippen molar-refractivity contribution < 1.29 is 19.1 Å². The van der Waals surface area contributed by atoms with Gasteiger partial charge in [-0.2, -0.15) is 0 Å². The highest BCUT2D eigenvalue weighted by atomic mass is 16.7. The van der Waals surface area contributed by atoms with Crippen LogP contribution in [0.3, 0.4) is 0 Å². The van der Waals surface area contributed by atoms with E-state index in [1.807, 2.05) is 18.2 Å². The van der Waals surface area contributed by atoms with Gasteiger partial charge in [0, 0.05) is 19.4 Å². The van der Waals surface area contributed by atoms with E-state index in [2.05, 4.69) is 19.1 Å². The van der Waals surface area contributed by atoms with Crippen LogP contribution in [0.5, 0.6) is 0 Å². The molecule has 0 unspecified atom stereocenters. The first-order chi connectivity index (χ1) is 11.9. The van der Waals surface area contributed by atoms with Gasteiger partial charge in [-0.3, -0.25) is 9.59 Å². The van der Waals surface area contributed by atoms with E-state index in [0.717, 1.165) is 12.0 Å². The van der Waals surface area contributed by atoms with Gasteiger partial charge in [-0.05, 0) is 37.0 Å². The van der Waals surface area contributed by atoms with Gasteiger partial charge in [0.2, 0.25) is 0 Å². The molecule has 0 aliphatic carbocycles. The van der Waals surface area contributed by atoms with Crippen LogP contribution in [-0.4, -0.2) is 18.2 Å². The summed E-state index contributed by atoms with van der Waals surface area (Å²) >= 11 is 0. The van der Waals surface area contributed by atoms with Crippen molar-refractivity contribution in [1.82, 2.24) is 0 Å². The minimum absolute atomic E-state index is 0.488. The monoisotopic (exact) mass is 346 g/mol. The summed E-state index contributed by atoms with van der Waals surface area (Å²) in [5.41, 5.74) is 2.97. The Morgan fingerprint density at radius 3 is 2.00 bits per heavy atom. The van der Waals surface area contributed by atoms with Gasteiger partial charge >= 0.3 is 11.9 Å². The second-order valence-electron chi connectivity index (χ2n) is 6.34. The van der Waals surface area contributed by atoms with Crippen LogP contribution >= 0.6 is 0 Å². The Morgan fingerprint density at radius 1 is 0.920 bits per heavy atom. The van der Waals surface area contributed by atoms with Gasteiger partial charge in [0.25, 0.3) is 6.29 Å². The fourth-order valence-electron chi connectivity index (χ4n) is 2.56. The standard InChI is InChI=1S/C21H30O4/c1-5-6-7-8-9-10-19-11-13-20(14-12-19)15-16(2)21(24-17(3)22)25-18(4)23/h11-15,21H,5-10H2,1-4H3. The molecule has 1 rings (SSSR count). The van der Waals surface area contributed by atoms with Crippen molar-refractivity contribution in [2.75, 3.05) is 0 Å². The molecule has 25 heavy (non-hydrogen) atoms. The van der Waals surface area contributed by atoms with E-state index in [-0.39, 0.29) is 0 Å². The minimum Gasteiger partial charge on any atom is -0.421 e. The first kappa shape index (κ1) is 20.9. The lowest BCUT2D eigenvalue weighted by Gasteiger charge is -2.17. The number of hydrogen-bond donors (Lipinski definition) is 0. The van der Waals surface area contributed by atoms with Crippen molar-refractivity contribution in [1.29, 1.82) is 0 Å². The molecule has 0 saturated carbocycles. The Balaban J connectivity index is 2.64. The molecule has 0 amide bonds. The molecular formula is C21H30O4. The third-order valence-corrected chi connectivity index (χ3v) is 3.86. The molecule has 0 radical (unpaired) electrons. The Kier molecular flexibility index (Phi) is 9.60. The van der Waals surface area contributed by atoms with Crippen molar-refractivity contribution in [2.45, 2.75) is 72.5 Å². The van der Waals surface area contributed by atoms with E-state index >= 15 is 0 Å². The number of ether oxygens (including phenoxy) is 2. The average Bonchev–Trinajstić information content (AvgIpc) is 2.54. The van der Waals surface area contributed by atoms with Gasteiger partial charge in [0.1, 0.15) is 0 Å². The summed E-state index contributed by atoms with van der Waals surface area (Å²) < 4.78 is 10.1. The molecule has 0 bridgehead atoms. The van der Waals surface area contributed by atoms with Crippen LogP contribution in [0.25, 0.3) is 6.08 Å². The lowest BCUT2D eigenvalue weighted by molar-refractivity contribution is -0.177. The van der Waals surface area contributed by atoms with Crippen LogP contribution in [0.15, 0.2) is 29.8 Å². The lowest BCUT2D eigenvalue weighted by Crippen LogP contribution is -2.23. The maximum atomic E-state index is 11.2. The largest absolute Gasteiger partial charge is 0.421 e. The van der Waals surface area contributed by atoms with E-state index in [0.29, 0.717) is 5.57 Å². The summed E-state index contributed by atoms with van der Waals surface area (Å²) in [4.78, 5) is 22.3. The van der Waals surface area contributed by atoms with Gasteiger partial charge in [0.05, 0.1) is 0 Å². The number of benzene rings is 1. The van der Waals surface area contributed by atoms with Gasteiger partial charge < -0.3 is 9.47 Å². The molecule has 4 nitrogen and oxygen atoms in total. The van der Waals surface area contributed by atoms with Crippen molar-refractivity contribution in [3.05, 3.63) is 41.0 Å². The second kappa shape index (κ2) is 11.5. The summed E-state index contributed by atoms with van der Waals surface area (Å²) in [6, 6.07) is 8.30. The van der Waals surface area contributed by atoms with Crippen LogP contribution < -0.4 is 0 Å². The van der Waals surface area contributed by atoms with Crippen LogP contribution in [0, 0.1) is 0 Å². The molecule has 0 aromatic heterocycles. The summed E-state index contributed by atoms with van der Waals surface area (Å²) in [5.74, 6) is -0.977. The van der Waals surface area contributed by atoms with Crippen LogP contribution in [0.1, 0.15) is 70.9 Å². The fourth-order valence-corrected chi connectivity index (χ4v) is 2.56. The number of rotatable bonds is 10. The van der Waals surface area contributed by atoms with E-state index in [9.17, 15) is 9.59 Å². The third kappa shape index (κ3) is 9.08. The maximum absolute atomic E-state index is 11.2. The lowest BCUT2D eigenvalue weighted by atomic mass is 10.0. The van der Waals surface area contributed by atoms with Crippen LogP contribution in [-0.2, 0) is 25.5 Å². The molecule has 4 heteroatoms. The highest BCUT2D eigenvalue weighted by molar-refractivity contribution is 5.69. The molecule has 0 atom stereocenters. The topological polar surface area (TPSA) is 52.6 Å². The average molecular weight is 346 g/mol. The number of carbonyl (C=O) groups is 2. The molecule has 1 aromatic carbocycles. The van der Waals surface area contributed by atoms with Crippen molar-refractivity contribution in [3.8, 4) is 0 Å². The Morgan fingerprint density at radius 2 is 1.48 bits per heavy atom. The SMILES string of the molecule is CCCCCCCc1ccc(C=C(C)C(OC(C)=O)OC(C)=O)cc1. The molecule has 0 spiro atoms. The molecule has 0 N–H and O–H groups in total. The minimum atomic E-state index is -0.978. The van der Waals surface area contributed by atoms with E-state index in [1.54, 1.807) is 6.92 Å². The fraction of sp³-hybridized carbons (Fsp3) is 0.524. The van der Waals surface area contributed by atoms with Crippen molar-refractivity contribution >= 4 is 18.0 Å². The summed E-state index contributed by atoms with van der Waals surface area (Å²) in [6.45, 7) is 6.58. The first-order valence-electron chi connectivity index (χ1n) is 9.04. The Bertz CT molecular complexity index is 556. The summed E-state index contributed by atoms with van der Waals surface area (Å²) in [6.07, 6.45) is 8.36. The number of aryl methyl sites for hydroxylation is 1. The summed E-state index contributed by atoms with van der Waals surface area (Å²) in [7, 11) is 0. The number of hydrogen-bond acceptors (Lipinski definition) is 4. The Labute approximate surface area is 151 Å². The highest BCUT2D eigenvalue weighted by Crippen LogP contribution is 2.16. The van der Waals surface area contributed by atoms with Gasteiger partial charge in [0.15, 0.2) is 0 Å². The molecule has 0 aliphatic rings. The summed E-state index contributed by atoms with van der Waals surface area (Å²) in [5, 5.41) is 0. The zero-order valence-corrected chi connectivity index (χ0v) is 15.8. The van der Waals surface area contributed by atoms with Gasteiger partial charge in [-0.1, -0.05) is 56.9 Å². The van der Waals surface area contributed by atoms with Crippen molar-refractivity contribution in [3.63, 3.8) is 0 Å². The molecule has 0 heterocycles. The second-order valence-corrected chi connectivity index (χ2v) is 6.34. The number of unbranched alkanes of at least 4 members (excludes halogenated alkanes) is 4. The molecule has 0 fully saturated rings. The van der Waals surface area contributed by atoms with Gasteiger partial charge in [-0.25, -0.2) is 0 Å².